The van der Waals surface area contributed by atoms with Crippen molar-refractivity contribution in [1.82, 2.24) is 0 Å². The second kappa shape index (κ2) is 6.31. The van der Waals surface area contributed by atoms with Crippen LogP contribution in [0.5, 0.6) is 5.75 Å². The van der Waals surface area contributed by atoms with Crippen LogP contribution in [0.2, 0.25) is 0 Å². The zero-order valence-electron chi connectivity index (χ0n) is 13.5. The molecule has 2 nitrogen and oxygen atoms in total. The van der Waals surface area contributed by atoms with Crippen LogP contribution in [0.4, 0.5) is 0 Å². The van der Waals surface area contributed by atoms with Gasteiger partial charge in [-0.15, -0.1) is 0 Å². The fourth-order valence-corrected chi connectivity index (χ4v) is 2.77. The van der Waals surface area contributed by atoms with Crippen LogP contribution in [0.1, 0.15) is 39.5 Å². The van der Waals surface area contributed by atoms with Gasteiger partial charge in [-0.3, -0.25) is 0 Å². The molecule has 1 atom stereocenters. The first kappa shape index (κ1) is 15.6. The van der Waals surface area contributed by atoms with Gasteiger partial charge in [-0.1, -0.05) is 18.2 Å². The molecule has 0 amide bonds. The predicted octanol–water partition coefficient (Wildman–Crippen LogP) is 4.20. The lowest BCUT2D eigenvalue weighted by Crippen LogP contribution is -2.04. The Morgan fingerprint density at radius 1 is 0.905 bits per heavy atom. The van der Waals surface area contributed by atoms with Gasteiger partial charge in [0.2, 0.25) is 0 Å². The standard InChI is InChI=1S/C19H24O2/c1-12-6-7-16(8-13(12)2)11-18(20)17-9-14(3)19(21-5)15(4)10-17/h6-10,18,20H,11H2,1-5H3. The predicted molar refractivity (Wildman–Crippen MR) is 87.0 cm³/mol. The minimum atomic E-state index is -0.490. The summed E-state index contributed by atoms with van der Waals surface area (Å²) in [4.78, 5) is 0. The SMILES string of the molecule is COc1c(C)cc(C(O)Cc2ccc(C)c(C)c2)cc1C. The normalized spacial score (nSPS) is 12.3. The number of aliphatic hydroxyl groups excluding tert-OH is 1. The summed E-state index contributed by atoms with van der Waals surface area (Å²) >= 11 is 0. The summed E-state index contributed by atoms with van der Waals surface area (Å²) < 4.78 is 5.38. The molecule has 21 heavy (non-hydrogen) atoms. The van der Waals surface area contributed by atoms with E-state index in [0.29, 0.717) is 6.42 Å². The van der Waals surface area contributed by atoms with Crippen molar-refractivity contribution in [3.05, 3.63) is 63.7 Å². The maximum Gasteiger partial charge on any atom is 0.124 e. The van der Waals surface area contributed by atoms with Crippen molar-refractivity contribution < 1.29 is 9.84 Å². The maximum absolute atomic E-state index is 10.5. The minimum Gasteiger partial charge on any atom is -0.496 e. The summed E-state index contributed by atoms with van der Waals surface area (Å²) in [6.45, 7) is 8.23. The number of hydrogen-bond acceptors (Lipinski definition) is 2. The molecule has 0 aromatic heterocycles. The lowest BCUT2D eigenvalue weighted by atomic mass is 9.96. The third-order valence-electron chi connectivity index (χ3n) is 4.07. The number of rotatable bonds is 4. The van der Waals surface area contributed by atoms with Crippen LogP contribution < -0.4 is 4.74 Å². The second-order valence-corrected chi connectivity index (χ2v) is 5.83. The average Bonchev–Trinajstić information content (AvgIpc) is 2.42. The molecule has 0 saturated carbocycles. The van der Waals surface area contributed by atoms with Gasteiger partial charge in [0.1, 0.15) is 5.75 Å². The molecule has 0 bridgehead atoms. The molecule has 2 rings (SSSR count). The number of hydrogen-bond donors (Lipinski definition) is 1. The van der Waals surface area contributed by atoms with E-state index in [1.54, 1.807) is 7.11 Å². The van der Waals surface area contributed by atoms with E-state index in [1.165, 1.54) is 11.1 Å². The van der Waals surface area contributed by atoms with Crippen molar-refractivity contribution in [3.63, 3.8) is 0 Å². The quantitative estimate of drug-likeness (QED) is 0.911. The summed E-state index contributed by atoms with van der Waals surface area (Å²) in [5.41, 5.74) is 6.78. The fourth-order valence-electron chi connectivity index (χ4n) is 2.77. The Labute approximate surface area is 127 Å². The smallest absolute Gasteiger partial charge is 0.124 e. The van der Waals surface area contributed by atoms with E-state index in [2.05, 4.69) is 32.0 Å². The molecule has 0 heterocycles. The summed E-state index contributed by atoms with van der Waals surface area (Å²) in [5.74, 6) is 0.900. The summed E-state index contributed by atoms with van der Waals surface area (Å²) in [6.07, 6.45) is 0.141. The van der Waals surface area contributed by atoms with Crippen molar-refractivity contribution in [1.29, 1.82) is 0 Å². The Bertz CT molecular complexity index is 621. The molecule has 1 unspecified atom stereocenters. The number of benzene rings is 2. The number of aliphatic hydroxyl groups is 1. The average molecular weight is 284 g/mol. The Balaban J connectivity index is 2.24. The highest BCUT2D eigenvalue weighted by atomic mass is 16.5. The molecule has 0 aliphatic rings. The number of aryl methyl sites for hydroxylation is 4. The fraction of sp³-hybridized carbons (Fsp3) is 0.368. The molecule has 2 aromatic carbocycles. The van der Waals surface area contributed by atoms with Crippen molar-refractivity contribution in [2.75, 3.05) is 7.11 Å². The molecule has 0 radical (unpaired) electrons. The minimum absolute atomic E-state index is 0.490. The van der Waals surface area contributed by atoms with E-state index in [1.807, 2.05) is 26.0 Å². The lowest BCUT2D eigenvalue weighted by molar-refractivity contribution is 0.178. The van der Waals surface area contributed by atoms with Crippen molar-refractivity contribution in [2.24, 2.45) is 0 Å². The van der Waals surface area contributed by atoms with Crippen LogP contribution in [-0.4, -0.2) is 12.2 Å². The van der Waals surface area contributed by atoms with Crippen LogP contribution in [-0.2, 0) is 6.42 Å². The van der Waals surface area contributed by atoms with E-state index in [-0.39, 0.29) is 0 Å². The highest BCUT2D eigenvalue weighted by Crippen LogP contribution is 2.28. The molecule has 2 aromatic rings. The zero-order chi connectivity index (χ0) is 15.6. The van der Waals surface area contributed by atoms with E-state index < -0.39 is 6.10 Å². The van der Waals surface area contributed by atoms with Crippen molar-refractivity contribution >= 4 is 0 Å². The molecule has 0 saturated heterocycles. The molecule has 1 N–H and O–H groups in total. The summed E-state index contributed by atoms with van der Waals surface area (Å²) in [7, 11) is 1.68. The van der Waals surface area contributed by atoms with Crippen LogP contribution in [0, 0.1) is 27.7 Å². The maximum atomic E-state index is 10.5. The second-order valence-electron chi connectivity index (χ2n) is 5.83. The van der Waals surface area contributed by atoms with Gasteiger partial charge in [0.25, 0.3) is 0 Å². The topological polar surface area (TPSA) is 29.5 Å². The van der Waals surface area contributed by atoms with Gasteiger partial charge in [0, 0.05) is 6.42 Å². The molecule has 0 spiro atoms. The van der Waals surface area contributed by atoms with Crippen LogP contribution >= 0.6 is 0 Å². The molecular formula is C19H24O2. The van der Waals surface area contributed by atoms with Gasteiger partial charge in [-0.25, -0.2) is 0 Å². The summed E-state index contributed by atoms with van der Waals surface area (Å²) in [5, 5.41) is 10.5. The van der Waals surface area contributed by atoms with E-state index in [9.17, 15) is 5.11 Å². The third-order valence-corrected chi connectivity index (χ3v) is 4.07. The Morgan fingerprint density at radius 3 is 2.05 bits per heavy atom. The van der Waals surface area contributed by atoms with Crippen molar-refractivity contribution in [2.45, 2.75) is 40.2 Å². The molecule has 0 aliphatic heterocycles. The van der Waals surface area contributed by atoms with Gasteiger partial charge < -0.3 is 9.84 Å². The van der Waals surface area contributed by atoms with Crippen LogP contribution in [0.3, 0.4) is 0 Å². The highest BCUT2D eigenvalue weighted by Gasteiger charge is 2.13. The number of methoxy groups -OCH3 is 1. The Hall–Kier alpha value is -1.80. The lowest BCUT2D eigenvalue weighted by Gasteiger charge is -2.16. The zero-order valence-corrected chi connectivity index (χ0v) is 13.5. The first-order valence-corrected chi connectivity index (χ1v) is 7.31. The van der Waals surface area contributed by atoms with Crippen LogP contribution in [0.25, 0.3) is 0 Å². The number of ether oxygens (including phenoxy) is 1. The molecule has 0 fully saturated rings. The van der Waals surface area contributed by atoms with Crippen molar-refractivity contribution in [3.8, 4) is 5.75 Å². The van der Waals surface area contributed by atoms with Gasteiger partial charge in [-0.2, -0.15) is 0 Å². The van der Waals surface area contributed by atoms with Crippen LogP contribution in [0.15, 0.2) is 30.3 Å². The van der Waals surface area contributed by atoms with Gasteiger partial charge in [0.05, 0.1) is 13.2 Å². The largest absolute Gasteiger partial charge is 0.496 e. The van der Waals surface area contributed by atoms with Gasteiger partial charge in [0.15, 0.2) is 0 Å². The monoisotopic (exact) mass is 284 g/mol. The van der Waals surface area contributed by atoms with Gasteiger partial charge in [-0.05, 0) is 73.2 Å². The Kier molecular flexibility index (Phi) is 4.69. The molecular weight excluding hydrogens is 260 g/mol. The van der Waals surface area contributed by atoms with E-state index >= 15 is 0 Å². The van der Waals surface area contributed by atoms with Gasteiger partial charge >= 0.3 is 0 Å². The van der Waals surface area contributed by atoms with E-state index in [4.69, 9.17) is 4.74 Å². The molecule has 0 aliphatic carbocycles. The third kappa shape index (κ3) is 3.45. The summed E-state index contributed by atoms with van der Waals surface area (Å²) in [6, 6.07) is 10.4. The molecule has 112 valence electrons. The Morgan fingerprint density at radius 2 is 1.52 bits per heavy atom. The first-order chi connectivity index (χ1) is 9.92. The molecule has 2 heteroatoms. The first-order valence-electron chi connectivity index (χ1n) is 7.31. The highest BCUT2D eigenvalue weighted by molar-refractivity contribution is 5.44. The van der Waals surface area contributed by atoms with E-state index in [0.717, 1.165) is 28.0 Å².